The van der Waals surface area contributed by atoms with E-state index in [-0.39, 0.29) is 0 Å². The van der Waals surface area contributed by atoms with E-state index in [1.54, 1.807) is 0 Å². The summed E-state index contributed by atoms with van der Waals surface area (Å²) in [7, 11) is 0. The molecule has 0 aromatic rings. The first kappa shape index (κ1) is 8.31. The third-order valence-corrected chi connectivity index (χ3v) is 3.10. The zero-order chi connectivity index (χ0) is 8.39. The molecule has 1 N–H and O–H groups in total. The van der Waals surface area contributed by atoms with Crippen LogP contribution in [0.1, 0.15) is 38.5 Å². The normalized spacial score (nSPS) is 36.3. The summed E-state index contributed by atoms with van der Waals surface area (Å²) in [5, 5.41) is 3.71. The van der Waals surface area contributed by atoms with Gasteiger partial charge in [0.1, 0.15) is 0 Å². The van der Waals surface area contributed by atoms with Crippen molar-refractivity contribution in [2.24, 2.45) is 5.92 Å². The Bertz CT molecular complexity index is 160. The van der Waals surface area contributed by atoms with E-state index in [1.807, 2.05) is 0 Å². The van der Waals surface area contributed by atoms with Gasteiger partial charge in [-0.1, -0.05) is 12.5 Å². The summed E-state index contributed by atoms with van der Waals surface area (Å²) in [6.07, 6.45) is 10.4. The molecule has 0 bridgehead atoms. The van der Waals surface area contributed by atoms with Gasteiger partial charge in [-0.3, -0.25) is 0 Å². The Kier molecular flexibility index (Phi) is 2.50. The summed E-state index contributed by atoms with van der Waals surface area (Å²) in [5.41, 5.74) is 0. The number of nitrogens with one attached hydrogen (secondary N) is 1. The molecule has 0 aromatic carbocycles. The van der Waals surface area contributed by atoms with Crippen molar-refractivity contribution in [3.8, 4) is 0 Å². The molecule has 0 aromatic heterocycles. The second-order valence-corrected chi connectivity index (χ2v) is 4.30. The van der Waals surface area contributed by atoms with Crippen molar-refractivity contribution < 1.29 is 0 Å². The molecule has 2 unspecified atom stereocenters. The lowest BCUT2D eigenvalue weighted by molar-refractivity contribution is 0.321. The van der Waals surface area contributed by atoms with Crippen LogP contribution in [0.2, 0.25) is 0 Å². The Hall–Kier alpha value is -0.300. The molecule has 0 amide bonds. The molecule has 0 spiro atoms. The molecule has 2 aliphatic rings. The van der Waals surface area contributed by atoms with Gasteiger partial charge in [0.25, 0.3) is 0 Å². The first-order chi connectivity index (χ1) is 5.88. The Morgan fingerprint density at radius 3 is 2.58 bits per heavy atom. The van der Waals surface area contributed by atoms with E-state index in [2.05, 4.69) is 18.0 Å². The second kappa shape index (κ2) is 3.61. The maximum atomic E-state index is 3.89. The van der Waals surface area contributed by atoms with Gasteiger partial charge in [-0.25, -0.2) is 0 Å². The van der Waals surface area contributed by atoms with E-state index in [1.165, 1.54) is 38.5 Å². The summed E-state index contributed by atoms with van der Waals surface area (Å²) in [6.45, 7) is 3.89. The van der Waals surface area contributed by atoms with E-state index in [9.17, 15) is 0 Å². The molecule has 1 nitrogen and oxygen atoms in total. The molecule has 2 rings (SSSR count). The van der Waals surface area contributed by atoms with Gasteiger partial charge in [0.05, 0.1) is 0 Å². The monoisotopic (exact) mass is 165 g/mol. The first-order valence-corrected chi connectivity index (χ1v) is 5.27. The highest BCUT2D eigenvalue weighted by Crippen LogP contribution is 2.28. The summed E-state index contributed by atoms with van der Waals surface area (Å²) in [5.74, 6) is 0.787. The minimum atomic E-state index is 0.787. The standard InChI is InChI=1S/C11H19N/c1-2-9-4-3-5-11(8-9)12-10-6-7-10/h2,9-12H,1,3-8H2. The molecule has 1 heteroatoms. The molecular formula is C11H19N. The van der Waals surface area contributed by atoms with E-state index in [0.29, 0.717) is 0 Å². The summed E-state index contributed by atoms with van der Waals surface area (Å²) < 4.78 is 0. The van der Waals surface area contributed by atoms with E-state index in [0.717, 1.165) is 18.0 Å². The highest BCUT2D eigenvalue weighted by molar-refractivity contribution is 4.91. The van der Waals surface area contributed by atoms with Crippen molar-refractivity contribution in [2.75, 3.05) is 0 Å². The predicted molar refractivity (Wildman–Crippen MR) is 52.1 cm³/mol. The average Bonchev–Trinajstić information content (AvgIpc) is 2.89. The Morgan fingerprint density at radius 1 is 1.08 bits per heavy atom. The number of allylic oxidation sites excluding steroid dienone is 1. The van der Waals surface area contributed by atoms with Gasteiger partial charge in [-0.05, 0) is 38.0 Å². The number of hydrogen-bond donors (Lipinski definition) is 1. The highest BCUT2D eigenvalue weighted by Gasteiger charge is 2.27. The average molecular weight is 165 g/mol. The molecule has 2 fully saturated rings. The summed E-state index contributed by atoms with van der Waals surface area (Å²) >= 11 is 0. The van der Waals surface area contributed by atoms with Gasteiger partial charge in [0.2, 0.25) is 0 Å². The maximum absolute atomic E-state index is 3.89. The van der Waals surface area contributed by atoms with Crippen LogP contribution < -0.4 is 5.32 Å². The fourth-order valence-corrected chi connectivity index (χ4v) is 2.18. The smallest absolute Gasteiger partial charge is 0.00752 e. The predicted octanol–water partition coefficient (Wildman–Crippen LogP) is 2.48. The van der Waals surface area contributed by atoms with Crippen LogP contribution in [0.3, 0.4) is 0 Å². The zero-order valence-corrected chi connectivity index (χ0v) is 7.76. The quantitative estimate of drug-likeness (QED) is 0.633. The highest BCUT2D eigenvalue weighted by atomic mass is 15.0. The molecule has 2 aliphatic carbocycles. The topological polar surface area (TPSA) is 12.0 Å². The van der Waals surface area contributed by atoms with Crippen LogP contribution in [0.4, 0.5) is 0 Å². The second-order valence-electron chi connectivity index (χ2n) is 4.30. The van der Waals surface area contributed by atoms with Gasteiger partial charge < -0.3 is 5.32 Å². The fourth-order valence-electron chi connectivity index (χ4n) is 2.18. The van der Waals surface area contributed by atoms with E-state index < -0.39 is 0 Å². The molecule has 0 aliphatic heterocycles. The lowest BCUT2D eigenvalue weighted by Gasteiger charge is -2.28. The van der Waals surface area contributed by atoms with Crippen molar-refractivity contribution in [1.29, 1.82) is 0 Å². The molecule has 2 saturated carbocycles. The van der Waals surface area contributed by atoms with Crippen molar-refractivity contribution >= 4 is 0 Å². The molecule has 68 valence electrons. The van der Waals surface area contributed by atoms with Gasteiger partial charge in [-0.2, -0.15) is 0 Å². The Labute approximate surface area is 75.2 Å². The van der Waals surface area contributed by atoms with Crippen molar-refractivity contribution in [1.82, 2.24) is 5.32 Å². The number of hydrogen-bond acceptors (Lipinski definition) is 1. The molecule has 0 radical (unpaired) electrons. The lowest BCUT2D eigenvalue weighted by atomic mass is 9.86. The third-order valence-electron chi connectivity index (χ3n) is 3.10. The molecular weight excluding hydrogens is 146 g/mol. The minimum absolute atomic E-state index is 0.787. The first-order valence-electron chi connectivity index (χ1n) is 5.27. The SMILES string of the molecule is C=CC1CCCC(NC2CC2)C1. The van der Waals surface area contributed by atoms with Crippen LogP contribution in [0.15, 0.2) is 12.7 Å². The fraction of sp³-hybridized carbons (Fsp3) is 0.818. The number of rotatable bonds is 3. The van der Waals surface area contributed by atoms with Crippen LogP contribution in [-0.4, -0.2) is 12.1 Å². The third kappa shape index (κ3) is 2.10. The van der Waals surface area contributed by atoms with Gasteiger partial charge in [0.15, 0.2) is 0 Å². The summed E-state index contributed by atoms with van der Waals surface area (Å²) in [4.78, 5) is 0. The zero-order valence-electron chi connectivity index (χ0n) is 7.76. The van der Waals surface area contributed by atoms with Crippen LogP contribution in [-0.2, 0) is 0 Å². The van der Waals surface area contributed by atoms with Crippen LogP contribution in [0, 0.1) is 5.92 Å². The molecule has 2 atom stereocenters. The minimum Gasteiger partial charge on any atom is -0.311 e. The van der Waals surface area contributed by atoms with Crippen molar-refractivity contribution in [2.45, 2.75) is 50.6 Å². The van der Waals surface area contributed by atoms with Crippen LogP contribution >= 0.6 is 0 Å². The van der Waals surface area contributed by atoms with Crippen molar-refractivity contribution in [3.63, 3.8) is 0 Å². The van der Waals surface area contributed by atoms with E-state index >= 15 is 0 Å². The van der Waals surface area contributed by atoms with Crippen molar-refractivity contribution in [3.05, 3.63) is 12.7 Å². The van der Waals surface area contributed by atoms with Gasteiger partial charge in [0, 0.05) is 12.1 Å². The van der Waals surface area contributed by atoms with Gasteiger partial charge >= 0.3 is 0 Å². The van der Waals surface area contributed by atoms with Gasteiger partial charge in [-0.15, -0.1) is 6.58 Å². The Morgan fingerprint density at radius 2 is 1.92 bits per heavy atom. The molecule has 12 heavy (non-hydrogen) atoms. The van der Waals surface area contributed by atoms with Crippen LogP contribution in [0.5, 0.6) is 0 Å². The Balaban J connectivity index is 1.76. The largest absolute Gasteiger partial charge is 0.311 e. The molecule has 0 saturated heterocycles. The molecule has 0 heterocycles. The lowest BCUT2D eigenvalue weighted by Crippen LogP contribution is -2.35. The maximum Gasteiger partial charge on any atom is 0.00752 e. The summed E-state index contributed by atoms with van der Waals surface area (Å²) in [6, 6.07) is 1.67. The van der Waals surface area contributed by atoms with Crippen LogP contribution in [0.25, 0.3) is 0 Å². The van der Waals surface area contributed by atoms with E-state index in [4.69, 9.17) is 0 Å².